The zero-order chi connectivity index (χ0) is 32.6. The summed E-state index contributed by atoms with van der Waals surface area (Å²) in [4.78, 5) is 17.5. The Bertz CT molecular complexity index is 1620. The van der Waals surface area contributed by atoms with Gasteiger partial charge < -0.3 is 16.2 Å². The van der Waals surface area contributed by atoms with Crippen LogP contribution < -0.4 is 21.9 Å². The van der Waals surface area contributed by atoms with E-state index in [0.29, 0.717) is 28.1 Å². The fourth-order valence-electron chi connectivity index (χ4n) is 4.43. The number of aromatic hydroxyl groups is 1. The Labute approximate surface area is 264 Å². The van der Waals surface area contributed by atoms with E-state index in [4.69, 9.17) is 33.3 Å². The predicted octanol–water partition coefficient (Wildman–Crippen LogP) is 7.10. The molecule has 4 rings (SSSR count). The highest BCUT2D eigenvalue weighted by Gasteiger charge is 2.22. The first-order valence-electron chi connectivity index (χ1n) is 14.7. The number of benzene rings is 2. The molecule has 9 nitrogen and oxygen atoms in total. The largest absolute Gasteiger partial charge is 0.506 e. The monoisotopic (exact) mass is 617 g/mol. The van der Waals surface area contributed by atoms with E-state index in [9.17, 15) is 4.79 Å². The van der Waals surface area contributed by atoms with Gasteiger partial charge in [0.05, 0.1) is 17.9 Å². The number of allylic oxidation sites excluding steroid dienone is 1. The van der Waals surface area contributed by atoms with Gasteiger partial charge in [-0.15, -0.1) is 0 Å². The number of aryl methyl sites for hydroxylation is 2. The minimum atomic E-state index is -0.309. The molecule has 2 aromatic carbocycles. The van der Waals surface area contributed by atoms with Gasteiger partial charge in [0, 0.05) is 28.1 Å². The Balaban J connectivity index is 0.000000340. The molecule has 1 aliphatic rings. The van der Waals surface area contributed by atoms with E-state index in [1.807, 2.05) is 65.8 Å². The van der Waals surface area contributed by atoms with Crippen LogP contribution in [0, 0.1) is 29.1 Å². The topological polar surface area (TPSA) is 152 Å². The molecule has 0 fully saturated rings. The SMILES string of the molecule is CC(C)C(=N)n1cc(O)ccc1=N.Cc1ccc(N=C(/C=C(\N)C(C)(C)C)NC(=O)NC2CCCc3ccccc32)cc1Cl. The minimum Gasteiger partial charge on any atom is -0.506 e. The molecule has 0 spiro atoms. The maximum absolute atomic E-state index is 12.9. The Hall–Kier alpha value is -4.37. The second kappa shape index (κ2) is 14.9. The second-order valence-corrected chi connectivity index (χ2v) is 12.6. The molecule has 1 aliphatic carbocycles. The minimum absolute atomic E-state index is 0.0241. The molecule has 7 N–H and O–H groups in total. The number of hydrogen-bond acceptors (Lipinski definition) is 6. The molecule has 44 heavy (non-hydrogen) atoms. The molecule has 1 heterocycles. The van der Waals surface area contributed by atoms with Crippen molar-refractivity contribution in [3.8, 4) is 5.75 Å². The number of aliphatic imine (C=N–C) groups is 1. The molecule has 10 heteroatoms. The molecule has 234 valence electrons. The van der Waals surface area contributed by atoms with Crippen LogP contribution in [0.15, 0.2) is 77.6 Å². The number of halogens is 1. The van der Waals surface area contributed by atoms with Crippen molar-refractivity contribution in [2.45, 2.75) is 66.8 Å². The number of aromatic nitrogens is 1. The zero-order valence-electron chi connectivity index (χ0n) is 26.3. The van der Waals surface area contributed by atoms with E-state index in [-0.39, 0.29) is 34.6 Å². The number of nitrogens with one attached hydrogen (secondary N) is 4. The maximum atomic E-state index is 12.9. The number of urea groups is 1. The van der Waals surface area contributed by atoms with E-state index in [1.54, 1.807) is 12.1 Å². The van der Waals surface area contributed by atoms with E-state index in [0.717, 1.165) is 24.8 Å². The molecule has 2 amide bonds. The van der Waals surface area contributed by atoms with Crippen molar-refractivity contribution in [1.29, 1.82) is 10.8 Å². The van der Waals surface area contributed by atoms with Gasteiger partial charge in [-0.2, -0.15) is 0 Å². The molecule has 0 aliphatic heterocycles. The quantitative estimate of drug-likeness (QED) is 0.137. The third-order valence-electron chi connectivity index (χ3n) is 7.22. The molecule has 3 aromatic rings. The Morgan fingerprint density at radius 2 is 1.89 bits per heavy atom. The summed E-state index contributed by atoms with van der Waals surface area (Å²) in [6.45, 7) is 11.7. The lowest BCUT2D eigenvalue weighted by molar-refractivity contribution is 0.240. The standard InChI is InChI=1S/C25H31ClN4O.C9H13N3O/c1-16-12-13-18(14-20(16)26)28-23(15-22(27)25(2,3)4)30-24(31)29-21-11-7-9-17-8-5-6-10-19(17)21;1-6(2)9(11)12-5-7(13)3-4-8(12)10/h5-6,8,10,12-15,21H,7,9,11,27H2,1-4H3,(H2,28,29,30,31);3-6,10-11,13H,1-2H3/b22-15-;. The first-order chi connectivity index (χ1) is 20.6. The van der Waals surface area contributed by atoms with Gasteiger partial charge in [-0.05, 0) is 67.1 Å². The summed E-state index contributed by atoms with van der Waals surface area (Å²) >= 11 is 6.25. The normalized spacial score (nSPS) is 15.1. The summed E-state index contributed by atoms with van der Waals surface area (Å²) in [7, 11) is 0. The number of nitrogens with two attached hydrogens (primary N) is 1. The summed E-state index contributed by atoms with van der Waals surface area (Å²) in [5, 5.41) is 30.9. The van der Waals surface area contributed by atoms with Crippen LogP contribution in [0.25, 0.3) is 0 Å². The number of carbonyl (C=O) groups excluding carboxylic acids is 1. The molecule has 1 atom stereocenters. The Morgan fingerprint density at radius 3 is 2.55 bits per heavy atom. The highest BCUT2D eigenvalue weighted by atomic mass is 35.5. The fourth-order valence-corrected chi connectivity index (χ4v) is 4.61. The number of amides is 2. The van der Waals surface area contributed by atoms with Gasteiger partial charge in [-0.3, -0.25) is 20.7 Å². The average Bonchev–Trinajstić information content (AvgIpc) is 2.96. The van der Waals surface area contributed by atoms with Crippen LogP contribution in [0.5, 0.6) is 5.75 Å². The molecule has 1 unspecified atom stereocenters. The molecule has 0 saturated heterocycles. The smallest absolute Gasteiger partial charge is 0.320 e. The Morgan fingerprint density at radius 1 is 1.18 bits per heavy atom. The third-order valence-corrected chi connectivity index (χ3v) is 7.63. The first kappa shape index (κ1) is 34.1. The summed E-state index contributed by atoms with van der Waals surface area (Å²) in [6, 6.07) is 16.4. The number of amidine groups is 1. The second-order valence-electron chi connectivity index (χ2n) is 12.2. The van der Waals surface area contributed by atoms with Crippen LogP contribution in [0.1, 0.15) is 70.2 Å². The highest BCUT2D eigenvalue weighted by molar-refractivity contribution is 6.31. The molecule has 1 aromatic heterocycles. The van der Waals surface area contributed by atoms with Crippen molar-refractivity contribution < 1.29 is 9.90 Å². The maximum Gasteiger partial charge on any atom is 0.320 e. The number of hydrogen-bond donors (Lipinski definition) is 6. The van der Waals surface area contributed by atoms with Crippen molar-refractivity contribution >= 4 is 35.0 Å². The number of pyridine rings is 1. The van der Waals surface area contributed by atoms with Gasteiger partial charge in [0.25, 0.3) is 0 Å². The van der Waals surface area contributed by atoms with Crippen molar-refractivity contribution in [2.24, 2.45) is 22.1 Å². The van der Waals surface area contributed by atoms with Crippen LogP contribution in [0.3, 0.4) is 0 Å². The van der Waals surface area contributed by atoms with E-state index in [2.05, 4.69) is 27.8 Å². The highest BCUT2D eigenvalue weighted by Crippen LogP contribution is 2.29. The molecular weight excluding hydrogens is 574 g/mol. The van der Waals surface area contributed by atoms with Gasteiger partial charge in [-0.25, -0.2) is 9.79 Å². The van der Waals surface area contributed by atoms with Crippen molar-refractivity contribution in [3.05, 3.63) is 99.8 Å². The lowest BCUT2D eigenvalue weighted by atomic mass is 9.88. The summed E-state index contributed by atoms with van der Waals surface area (Å²) in [6.07, 6.45) is 6.08. The van der Waals surface area contributed by atoms with Gasteiger partial charge in [-0.1, -0.05) is 76.6 Å². The third kappa shape index (κ3) is 9.57. The average molecular weight is 618 g/mol. The molecule has 0 bridgehead atoms. The number of nitrogens with zero attached hydrogens (tertiary/aromatic N) is 2. The number of fused-ring (bicyclic) bond motifs is 1. The number of carbonyl (C=O) groups is 1. The van der Waals surface area contributed by atoms with Crippen molar-refractivity contribution in [3.63, 3.8) is 0 Å². The predicted molar refractivity (Wildman–Crippen MR) is 179 cm³/mol. The van der Waals surface area contributed by atoms with Gasteiger partial charge in [0.15, 0.2) is 0 Å². The lowest BCUT2D eigenvalue weighted by Gasteiger charge is -2.26. The van der Waals surface area contributed by atoms with Gasteiger partial charge in [0.1, 0.15) is 22.9 Å². The van der Waals surface area contributed by atoms with Crippen molar-refractivity contribution in [1.82, 2.24) is 15.2 Å². The lowest BCUT2D eigenvalue weighted by Crippen LogP contribution is -2.42. The molecule has 0 radical (unpaired) electrons. The molecular formula is C34H44ClN7O2. The van der Waals surface area contributed by atoms with Crippen LogP contribution >= 0.6 is 11.6 Å². The van der Waals surface area contributed by atoms with E-state index in [1.165, 1.54) is 34.0 Å². The van der Waals surface area contributed by atoms with Crippen LogP contribution in [0.4, 0.5) is 10.5 Å². The van der Waals surface area contributed by atoms with Crippen molar-refractivity contribution in [2.75, 3.05) is 0 Å². The van der Waals surface area contributed by atoms with Crippen LogP contribution in [-0.4, -0.2) is 27.4 Å². The molecule has 0 saturated carbocycles. The van der Waals surface area contributed by atoms with E-state index < -0.39 is 0 Å². The number of rotatable bonds is 4. The fraction of sp³-hybridized carbons (Fsp3) is 0.353. The summed E-state index contributed by atoms with van der Waals surface area (Å²) in [5.41, 5.74) is 10.9. The summed E-state index contributed by atoms with van der Waals surface area (Å²) < 4.78 is 1.36. The van der Waals surface area contributed by atoms with Gasteiger partial charge in [0.2, 0.25) is 0 Å². The van der Waals surface area contributed by atoms with Gasteiger partial charge >= 0.3 is 6.03 Å². The Kier molecular flexibility index (Phi) is 11.5. The van der Waals surface area contributed by atoms with E-state index >= 15 is 0 Å². The van der Waals surface area contributed by atoms with Crippen LogP contribution in [-0.2, 0) is 6.42 Å². The first-order valence-corrected chi connectivity index (χ1v) is 15.1. The summed E-state index contributed by atoms with van der Waals surface area (Å²) in [5.74, 6) is 0.784. The zero-order valence-corrected chi connectivity index (χ0v) is 27.1. The van der Waals surface area contributed by atoms with Crippen LogP contribution in [0.2, 0.25) is 5.02 Å².